The van der Waals surface area contributed by atoms with Crippen LogP contribution in [-0.4, -0.2) is 42.0 Å². The third kappa shape index (κ3) is 3.41. The van der Waals surface area contributed by atoms with Gasteiger partial charge in [0.1, 0.15) is 5.82 Å². The molecule has 0 N–H and O–H groups in total. The van der Waals surface area contributed by atoms with Gasteiger partial charge in [-0.2, -0.15) is 0 Å². The standard InChI is InChI=1S/C16H22BrFN2/c17-16-10-14(18)5-4-13(16)11-19-9-6-15(12-19)20-7-2-1-3-8-20/h4-5,10,15H,1-3,6-9,11-12H2. The van der Waals surface area contributed by atoms with E-state index in [4.69, 9.17) is 0 Å². The molecule has 2 nitrogen and oxygen atoms in total. The minimum atomic E-state index is -0.173. The molecule has 0 aliphatic carbocycles. The van der Waals surface area contributed by atoms with Crippen molar-refractivity contribution in [2.45, 2.75) is 38.3 Å². The second-order valence-corrected chi connectivity index (χ2v) is 6.86. The first kappa shape index (κ1) is 14.5. The lowest BCUT2D eigenvalue weighted by Gasteiger charge is -2.32. The summed E-state index contributed by atoms with van der Waals surface area (Å²) in [5, 5.41) is 0. The van der Waals surface area contributed by atoms with Crippen LogP contribution in [0, 0.1) is 5.82 Å². The highest BCUT2D eigenvalue weighted by Crippen LogP contribution is 2.24. The lowest BCUT2D eigenvalue weighted by atomic mass is 10.1. The van der Waals surface area contributed by atoms with Crippen molar-refractivity contribution in [3.8, 4) is 0 Å². The average Bonchev–Trinajstić information content (AvgIpc) is 2.92. The number of likely N-dealkylation sites (tertiary alicyclic amines) is 2. The number of hydrogen-bond acceptors (Lipinski definition) is 2. The summed E-state index contributed by atoms with van der Waals surface area (Å²) in [6.07, 6.45) is 5.40. The normalized spacial score (nSPS) is 25.2. The van der Waals surface area contributed by atoms with E-state index in [0.717, 1.165) is 30.1 Å². The van der Waals surface area contributed by atoms with Crippen LogP contribution in [0.1, 0.15) is 31.2 Å². The highest BCUT2D eigenvalue weighted by molar-refractivity contribution is 9.10. The van der Waals surface area contributed by atoms with E-state index in [9.17, 15) is 4.39 Å². The maximum atomic E-state index is 13.1. The molecule has 4 heteroatoms. The molecule has 20 heavy (non-hydrogen) atoms. The predicted molar refractivity (Wildman–Crippen MR) is 83.2 cm³/mol. The average molecular weight is 341 g/mol. The van der Waals surface area contributed by atoms with E-state index in [1.165, 1.54) is 44.3 Å². The zero-order valence-electron chi connectivity index (χ0n) is 11.8. The molecule has 2 aliphatic heterocycles. The molecule has 1 aromatic carbocycles. The number of halogens is 2. The van der Waals surface area contributed by atoms with E-state index in [1.54, 1.807) is 12.1 Å². The fourth-order valence-electron chi connectivity index (χ4n) is 3.43. The molecule has 3 rings (SSSR count). The Balaban J connectivity index is 1.57. The molecular formula is C16H22BrFN2. The molecule has 0 aromatic heterocycles. The molecule has 0 amide bonds. The largest absolute Gasteiger partial charge is 0.299 e. The number of nitrogens with zero attached hydrogens (tertiary/aromatic N) is 2. The first-order valence-electron chi connectivity index (χ1n) is 7.63. The van der Waals surface area contributed by atoms with Gasteiger partial charge in [0, 0.05) is 30.1 Å². The van der Waals surface area contributed by atoms with Crippen LogP contribution >= 0.6 is 15.9 Å². The van der Waals surface area contributed by atoms with Crippen molar-refractivity contribution >= 4 is 15.9 Å². The summed E-state index contributed by atoms with van der Waals surface area (Å²) in [4.78, 5) is 5.17. The predicted octanol–water partition coefficient (Wildman–Crippen LogP) is 3.65. The van der Waals surface area contributed by atoms with Gasteiger partial charge in [0.05, 0.1) is 0 Å². The summed E-state index contributed by atoms with van der Waals surface area (Å²) in [6.45, 7) is 5.79. The molecule has 2 heterocycles. The molecule has 2 saturated heterocycles. The van der Waals surface area contributed by atoms with Gasteiger partial charge in [-0.25, -0.2) is 4.39 Å². The summed E-state index contributed by atoms with van der Waals surface area (Å²) in [5.74, 6) is -0.173. The Morgan fingerprint density at radius 3 is 2.70 bits per heavy atom. The molecule has 1 unspecified atom stereocenters. The van der Waals surface area contributed by atoms with E-state index in [2.05, 4.69) is 25.7 Å². The highest BCUT2D eigenvalue weighted by Gasteiger charge is 2.28. The Hall–Kier alpha value is -0.450. The van der Waals surface area contributed by atoms with Crippen LogP contribution in [0.4, 0.5) is 4.39 Å². The molecule has 1 aromatic rings. The maximum Gasteiger partial charge on any atom is 0.124 e. The molecular weight excluding hydrogens is 319 g/mol. The zero-order valence-corrected chi connectivity index (χ0v) is 13.4. The highest BCUT2D eigenvalue weighted by atomic mass is 79.9. The molecule has 2 aliphatic rings. The van der Waals surface area contributed by atoms with Crippen molar-refractivity contribution < 1.29 is 4.39 Å². The molecule has 1 atom stereocenters. The molecule has 0 spiro atoms. The van der Waals surface area contributed by atoms with Crippen LogP contribution in [0.25, 0.3) is 0 Å². The first-order chi connectivity index (χ1) is 9.72. The topological polar surface area (TPSA) is 6.48 Å². The SMILES string of the molecule is Fc1ccc(CN2CCC(N3CCCCC3)C2)c(Br)c1. The van der Waals surface area contributed by atoms with Crippen molar-refractivity contribution in [1.82, 2.24) is 9.80 Å². The van der Waals surface area contributed by atoms with E-state index >= 15 is 0 Å². The number of piperidine rings is 1. The Labute approximate surface area is 129 Å². The zero-order chi connectivity index (χ0) is 13.9. The number of benzene rings is 1. The molecule has 0 radical (unpaired) electrons. The lowest BCUT2D eigenvalue weighted by molar-refractivity contribution is 0.161. The van der Waals surface area contributed by atoms with Gasteiger partial charge >= 0.3 is 0 Å². The third-order valence-corrected chi connectivity index (χ3v) is 5.30. The summed E-state index contributed by atoms with van der Waals surface area (Å²) in [5.41, 5.74) is 1.19. The van der Waals surface area contributed by atoms with Crippen molar-refractivity contribution in [3.63, 3.8) is 0 Å². The smallest absolute Gasteiger partial charge is 0.124 e. The van der Waals surface area contributed by atoms with E-state index in [1.807, 2.05) is 6.07 Å². The van der Waals surface area contributed by atoms with Crippen molar-refractivity contribution in [2.75, 3.05) is 26.2 Å². The second-order valence-electron chi connectivity index (χ2n) is 6.01. The Morgan fingerprint density at radius 1 is 1.15 bits per heavy atom. The molecule has 2 fully saturated rings. The minimum absolute atomic E-state index is 0.173. The van der Waals surface area contributed by atoms with E-state index < -0.39 is 0 Å². The summed E-state index contributed by atoms with van der Waals surface area (Å²) >= 11 is 3.47. The van der Waals surface area contributed by atoms with Gasteiger partial charge in [0.25, 0.3) is 0 Å². The van der Waals surface area contributed by atoms with Crippen LogP contribution in [0.2, 0.25) is 0 Å². The summed E-state index contributed by atoms with van der Waals surface area (Å²) in [7, 11) is 0. The third-order valence-electron chi connectivity index (χ3n) is 4.56. The number of hydrogen-bond donors (Lipinski definition) is 0. The molecule has 0 bridgehead atoms. The van der Waals surface area contributed by atoms with Crippen molar-refractivity contribution in [1.29, 1.82) is 0 Å². The van der Waals surface area contributed by atoms with Gasteiger partial charge in [0.2, 0.25) is 0 Å². The van der Waals surface area contributed by atoms with Gasteiger partial charge in [-0.05, 0) is 50.0 Å². The quantitative estimate of drug-likeness (QED) is 0.828. The lowest BCUT2D eigenvalue weighted by Crippen LogP contribution is -2.40. The van der Waals surface area contributed by atoms with E-state index in [-0.39, 0.29) is 5.82 Å². The van der Waals surface area contributed by atoms with Crippen LogP contribution < -0.4 is 0 Å². The van der Waals surface area contributed by atoms with Crippen molar-refractivity contribution in [3.05, 3.63) is 34.1 Å². The van der Waals surface area contributed by atoms with Crippen LogP contribution in [0.3, 0.4) is 0 Å². The summed E-state index contributed by atoms with van der Waals surface area (Å²) in [6, 6.07) is 5.74. The fourth-order valence-corrected chi connectivity index (χ4v) is 3.90. The second kappa shape index (κ2) is 6.54. The van der Waals surface area contributed by atoms with E-state index in [0.29, 0.717) is 0 Å². The van der Waals surface area contributed by atoms with Crippen molar-refractivity contribution in [2.24, 2.45) is 0 Å². The monoisotopic (exact) mass is 340 g/mol. The summed E-state index contributed by atoms with van der Waals surface area (Å²) < 4.78 is 14.0. The Morgan fingerprint density at radius 2 is 1.95 bits per heavy atom. The Bertz CT molecular complexity index is 460. The van der Waals surface area contributed by atoms with Gasteiger partial charge in [-0.1, -0.05) is 28.4 Å². The number of rotatable bonds is 3. The van der Waals surface area contributed by atoms with Crippen LogP contribution in [-0.2, 0) is 6.54 Å². The Kier molecular flexibility index (Phi) is 4.74. The van der Waals surface area contributed by atoms with Crippen LogP contribution in [0.15, 0.2) is 22.7 Å². The first-order valence-corrected chi connectivity index (χ1v) is 8.42. The van der Waals surface area contributed by atoms with Gasteiger partial charge in [-0.15, -0.1) is 0 Å². The van der Waals surface area contributed by atoms with Gasteiger partial charge in [-0.3, -0.25) is 9.80 Å². The van der Waals surface area contributed by atoms with Crippen LogP contribution in [0.5, 0.6) is 0 Å². The van der Waals surface area contributed by atoms with Gasteiger partial charge in [0.15, 0.2) is 0 Å². The maximum absolute atomic E-state index is 13.1. The molecule has 110 valence electrons. The fraction of sp³-hybridized carbons (Fsp3) is 0.625. The molecule has 0 saturated carbocycles. The minimum Gasteiger partial charge on any atom is -0.299 e. The van der Waals surface area contributed by atoms with Gasteiger partial charge < -0.3 is 0 Å².